The van der Waals surface area contributed by atoms with Crippen molar-refractivity contribution >= 4 is 0 Å². The molecule has 0 aliphatic carbocycles. The van der Waals surface area contributed by atoms with Gasteiger partial charge in [-0.1, -0.05) is 18.2 Å². The van der Waals surface area contributed by atoms with Crippen molar-refractivity contribution in [1.29, 1.82) is 5.26 Å². The van der Waals surface area contributed by atoms with Gasteiger partial charge in [-0.3, -0.25) is 0 Å². The van der Waals surface area contributed by atoms with Gasteiger partial charge in [-0.2, -0.15) is 5.26 Å². The predicted molar refractivity (Wildman–Crippen MR) is 81.7 cm³/mol. The largest absolute Gasteiger partial charge is 0.456 e. The highest BCUT2D eigenvalue weighted by Crippen LogP contribution is 2.29. The highest BCUT2D eigenvalue weighted by molar-refractivity contribution is 5.49. The molecule has 0 aliphatic heterocycles. The van der Waals surface area contributed by atoms with Crippen LogP contribution >= 0.6 is 0 Å². The number of hydrogen-bond acceptors (Lipinski definition) is 2. The third kappa shape index (κ3) is 2.65. The number of hydrogen-bond donors (Lipinski definition) is 0. The number of nitrogens with zero attached hydrogens (tertiary/aromatic N) is 2. The minimum Gasteiger partial charge on any atom is -0.456 e. The van der Waals surface area contributed by atoms with Crippen LogP contribution in [0, 0.1) is 18.3 Å². The van der Waals surface area contributed by atoms with E-state index in [1.165, 1.54) is 0 Å². The van der Waals surface area contributed by atoms with Crippen molar-refractivity contribution in [2.24, 2.45) is 0 Å². The van der Waals surface area contributed by atoms with Gasteiger partial charge in [0.05, 0.1) is 5.56 Å². The van der Waals surface area contributed by atoms with Crippen LogP contribution in [0.3, 0.4) is 0 Å². The van der Waals surface area contributed by atoms with Crippen molar-refractivity contribution in [2.75, 3.05) is 0 Å². The highest BCUT2D eigenvalue weighted by Gasteiger charge is 2.07. The summed E-state index contributed by atoms with van der Waals surface area (Å²) in [7, 11) is 0. The predicted octanol–water partition coefficient (Wildman–Crippen LogP) is 4.45. The Hall–Kier alpha value is -2.99. The lowest BCUT2D eigenvalue weighted by atomic mass is 10.2. The summed E-state index contributed by atoms with van der Waals surface area (Å²) in [5, 5.41) is 9.14. The molecule has 1 heterocycles. The van der Waals surface area contributed by atoms with E-state index in [1.807, 2.05) is 66.3 Å². The van der Waals surface area contributed by atoms with Gasteiger partial charge in [0.2, 0.25) is 0 Å². The highest BCUT2D eigenvalue weighted by atomic mass is 16.5. The minimum atomic E-state index is 0.531. The maximum atomic E-state index is 9.14. The van der Waals surface area contributed by atoms with Gasteiger partial charge in [0, 0.05) is 24.1 Å². The van der Waals surface area contributed by atoms with E-state index in [9.17, 15) is 0 Å². The normalized spacial score (nSPS) is 10.1. The number of rotatable bonds is 3. The van der Waals surface area contributed by atoms with E-state index < -0.39 is 0 Å². The van der Waals surface area contributed by atoms with E-state index in [1.54, 1.807) is 12.1 Å². The van der Waals surface area contributed by atoms with Crippen LogP contribution in [0.1, 0.15) is 11.1 Å². The molecule has 3 nitrogen and oxygen atoms in total. The van der Waals surface area contributed by atoms with Crippen LogP contribution in [-0.2, 0) is 0 Å². The number of benzene rings is 2. The maximum absolute atomic E-state index is 9.14. The van der Waals surface area contributed by atoms with Crippen molar-refractivity contribution < 1.29 is 4.74 Å². The molecule has 0 N–H and O–H groups in total. The van der Waals surface area contributed by atoms with Crippen LogP contribution in [0.4, 0.5) is 0 Å². The lowest BCUT2D eigenvalue weighted by Gasteiger charge is -2.12. The smallest absolute Gasteiger partial charge is 0.145 e. The van der Waals surface area contributed by atoms with E-state index >= 15 is 0 Å². The molecule has 3 heteroatoms. The number of aromatic nitrogens is 1. The van der Waals surface area contributed by atoms with Crippen LogP contribution in [0.25, 0.3) is 5.69 Å². The van der Waals surface area contributed by atoms with Crippen LogP contribution in [0.15, 0.2) is 67.0 Å². The van der Waals surface area contributed by atoms with Crippen LogP contribution in [-0.4, -0.2) is 4.57 Å². The Morgan fingerprint density at radius 1 is 0.952 bits per heavy atom. The summed E-state index contributed by atoms with van der Waals surface area (Å²) in [6.45, 7) is 1.99. The molecule has 0 spiro atoms. The molecule has 0 fully saturated rings. The standard InChI is InChI=1S/C18H14N2O/c1-14-8-9-16(20-10-4-5-11-20)12-18(14)21-17-7-3-2-6-15(17)13-19/h2-12H,1H3. The number of nitriles is 1. The van der Waals surface area contributed by atoms with Crippen molar-refractivity contribution in [2.45, 2.75) is 6.92 Å². The van der Waals surface area contributed by atoms with Gasteiger partial charge >= 0.3 is 0 Å². The average molecular weight is 274 g/mol. The monoisotopic (exact) mass is 274 g/mol. The second-order valence-corrected chi connectivity index (χ2v) is 4.75. The van der Waals surface area contributed by atoms with Gasteiger partial charge in [0.25, 0.3) is 0 Å². The molecule has 0 unspecified atom stereocenters. The van der Waals surface area contributed by atoms with Gasteiger partial charge in [-0.25, -0.2) is 0 Å². The first-order valence-electron chi connectivity index (χ1n) is 6.69. The van der Waals surface area contributed by atoms with Crippen molar-refractivity contribution in [1.82, 2.24) is 4.57 Å². The van der Waals surface area contributed by atoms with E-state index in [4.69, 9.17) is 10.00 Å². The fourth-order valence-corrected chi connectivity index (χ4v) is 2.13. The molecular formula is C18H14N2O. The Morgan fingerprint density at radius 2 is 1.71 bits per heavy atom. The summed E-state index contributed by atoms with van der Waals surface area (Å²) in [6.07, 6.45) is 3.97. The molecule has 0 saturated carbocycles. The topological polar surface area (TPSA) is 38.0 Å². The Labute approximate surface area is 123 Å². The van der Waals surface area contributed by atoms with Gasteiger partial charge in [0.15, 0.2) is 0 Å². The summed E-state index contributed by atoms with van der Waals surface area (Å²) >= 11 is 0. The van der Waals surface area contributed by atoms with Crippen LogP contribution in [0.5, 0.6) is 11.5 Å². The number of ether oxygens (including phenoxy) is 1. The zero-order valence-electron chi connectivity index (χ0n) is 11.7. The first kappa shape index (κ1) is 13.0. The van der Waals surface area contributed by atoms with E-state index in [0.29, 0.717) is 11.3 Å². The summed E-state index contributed by atoms with van der Waals surface area (Å²) in [5.74, 6) is 1.33. The molecule has 2 aromatic carbocycles. The van der Waals surface area contributed by atoms with Crippen molar-refractivity contribution in [3.05, 3.63) is 78.1 Å². The molecule has 0 radical (unpaired) electrons. The SMILES string of the molecule is Cc1ccc(-n2cccc2)cc1Oc1ccccc1C#N. The quantitative estimate of drug-likeness (QED) is 0.707. The van der Waals surface area contributed by atoms with Gasteiger partial charge < -0.3 is 9.30 Å². The van der Waals surface area contributed by atoms with Crippen LogP contribution in [0.2, 0.25) is 0 Å². The summed E-state index contributed by atoms with van der Waals surface area (Å²) in [4.78, 5) is 0. The first-order valence-corrected chi connectivity index (χ1v) is 6.69. The third-order valence-electron chi connectivity index (χ3n) is 3.30. The third-order valence-corrected chi connectivity index (χ3v) is 3.30. The average Bonchev–Trinajstić information content (AvgIpc) is 3.04. The Bertz CT molecular complexity index is 798. The van der Waals surface area contributed by atoms with Gasteiger partial charge in [-0.15, -0.1) is 0 Å². The molecule has 0 bridgehead atoms. The molecule has 0 atom stereocenters. The summed E-state index contributed by atoms with van der Waals surface area (Å²) in [6, 6.07) is 19.4. The van der Waals surface area contributed by atoms with Gasteiger partial charge in [-0.05, 0) is 42.8 Å². The Kier molecular flexibility index (Phi) is 3.44. The fourth-order valence-electron chi connectivity index (χ4n) is 2.13. The van der Waals surface area contributed by atoms with Gasteiger partial charge in [0.1, 0.15) is 17.6 Å². The lowest BCUT2D eigenvalue weighted by Crippen LogP contribution is -1.94. The number of para-hydroxylation sites is 1. The molecule has 0 amide bonds. The Morgan fingerprint density at radius 3 is 2.48 bits per heavy atom. The molecule has 1 aromatic heterocycles. The molecule has 3 aromatic rings. The second kappa shape index (κ2) is 5.56. The Balaban J connectivity index is 1.99. The molecule has 102 valence electrons. The zero-order chi connectivity index (χ0) is 14.7. The van der Waals surface area contributed by atoms with Crippen LogP contribution < -0.4 is 4.74 Å². The van der Waals surface area contributed by atoms with E-state index in [-0.39, 0.29) is 0 Å². The van der Waals surface area contributed by atoms with E-state index in [2.05, 4.69) is 6.07 Å². The second-order valence-electron chi connectivity index (χ2n) is 4.75. The lowest BCUT2D eigenvalue weighted by molar-refractivity contribution is 0.477. The fraction of sp³-hybridized carbons (Fsp3) is 0.0556. The van der Waals surface area contributed by atoms with Crippen molar-refractivity contribution in [3.63, 3.8) is 0 Å². The molecule has 3 rings (SSSR count). The minimum absolute atomic E-state index is 0.531. The summed E-state index contributed by atoms with van der Waals surface area (Å²) in [5.41, 5.74) is 2.58. The zero-order valence-corrected chi connectivity index (χ0v) is 11.7. The molecule has 21 heavy (non-hydrogen) atoms. The van der Waals surface area contributed by atoms with Crippen molar-refractivity contribution in [3.8, 4) is 23.3 Å². The maximum Gasteiger partial charge on any atom is 0.145 e. The van der Waals surface area contributed by atoms with E-state index in [0.717, 1.165) is 17.0 Å². The molecular weight excluding hydrogens is 260 g/mol. The molecule has 0 saturated heterocycles. The molecule has 0 aliphatic rings. The summed E-state index contributed by atoms with van der Waals surface area (Å²) < 4.78 is 7.95. The first-order chi connectivity index (χ1) is 10.3. The number of aryl methyl sites for hydroxylation is 1.